The molecule has 0 atom stereocenters. The summed E-state index contributed by atoms with van der Waals surface area (Å²) in [7, 11) is 0. The van der Waals surface area contributed by atoms with Crippen LogP contribution < -0.4 is 5.32 Å². The Kier molecular flexibility index (Phi) is 5.28. The smallest absolute Gasteiger partial charge is 0.377 e. The van der Waals surface area contributed by atoms with Crippen molar-refractivity contribution in [3.05, 3.63) is 44.7 Å². The molecule has 2 aromatic rings. The maximum absolute atomic E-state index is 11.8. The summed E-state index contributed by atoms with van der Waals surface area (Å²) in [5.41, 5.74) is 0.709. The molecule has 0 unspecified atom stereocenters. The van der Waals surface area contributed by atoms with Gasteiger partial charge in [0.15, 0.2) is 6.61 Å². The molecule has 6 nitrogen and oxygen atoms in total. The minimum Gasteiger partial charge on any atom is -0.450 e. The van der Waals surface area contributed by atoms with Crippen molar-refractivity contribution in [2.45, 2.75) is 6.92 Å². The molecule has 0 radical (unpaired) electrons. The third-order valence-corrected chi connectivity index (χ3v) is 3.25. The summed E-state index contributed by atoms with van der Waals surface area (Å²) in [4.78, 5) is 23.3. The lowest BCUT2D eigenvalue weighted by Crippen LogP contribution is -2.21. The Bertz CT molecular complexity index is 707. The molecule has 1 heterocycles. The second-order valence-electron chi connectivity index (χ2n) is 4.20. The second-order valence-corrected chi connectivity index (χ2v) is 5.45. The van der Waals surface area contributed by atoms with Crippen LogP contribution in [0.15, 0.2) is 22.7 Å². The molecular formula is C13H9Cl3N2O4. The van der Waals surface area contributed by atoms with Crippen LogP contribution in [-0.2, 0) is 9.53 Å². The molecular weight excluding hydrogens is 355 g/mol. The lowest BCUT2D eigenvalue weighted by atomic mass is 10.3. The van der Waals surface area contributed by atoms with Crippen LogP contribution in [0.4, 0.5) is 5.69 Å². The molecule has 0 aliphatic carbocycles. The first-order valence-corrected chi connectivity index (χ1v) is 7.05. The van der Waals surface area contributed by atoms with Gasteiger partial charge in [0.25, 0.3) is 5.91 Å². The molecule has 2 rings (SSSR count). The van der Waals surface area contributed by atoms with Gasteiger partial charge in [-0.15, -0.1) is 0 Å². The van der Waals surface area contributed by atoms with Crippen LogP contribution >= 0.6 is 34.8 Å². The summed E-state index contributed by atoms with van der Waals surface area (Å²) in [5, 5.41) is 6.65. The number of carbonyl (C=O) groups is 2. The van der Waals surface area contributed by atoms with Gasteiger partial charge < -0.3 is 14.6 Å². The predicted octanol–water partition coefficient (Wildman–Crippen LogP) is 3.74. The molecule has 22 heavy (non-hydrogen) atoms. The molecule has 116 valence electrons. The number of nitrogens with one attached hydrogen (secondary N) is 1. The van der Waals surface area contributed by atoms with Crippen molar-refractivity contribution < 1.29 is 18.8 Å². The second kappa shape index (κ2) is 7.00. The molecule has 0 aliphatic rings. The SMILES string of the molecule is Cc1cc(C(=O)OCC(=O)Nc2c(Cl)cc(Cl)cc2Cl)on1. The molecule has 1 aromatic carbocycles. The van der Waals surface area contributed by atoms with Crippen molar-refractivity contribution in [1.29, 1.82) is 0 Å². The zero-order valence-electron chi connectivity index (χ0n) is 11.2. The summed E-state index contributed by atoms with van der Waals surface area (Å²) >= 11 is 17.6. The van der Waals surface area contributed by atoms with Crippen LogP contribution in [0.25, 0.3) is 0 Å². The number of aryl methyl sites for hydroxylation is 1. The van der Waals surface area contributed by atoms with E-state index in [1.807, 2.05) is 0 Å². The molecule has 0 aliphatic heterocycles. The van der Waals surface area contributed by atoms with Gasteiger partial charge in [-0.2, -0.15) is 0 Å². The topological polar surface area (TPSA) is 81.4 Å². The number of anilines is 1. The van der Waals surface area contributed by atoms with E-state index >= 15 is 0 Å². The summed E-state index contributed by atoms with van der Waals surface area (Å²) < 4.78 is 9.50. The van der Waals surface area contributed by atoms with Crippen LogP contribution in [0.3, 0.4) is 0 Å². The summed E-state index contributed by atoms with van der Waals surface area (Å²) in [5.74, 6) is -1.51. The minimum absolute atomic E-state index is 0.0899. The van der Waals surface area contributed by atoms with Gasteiger partial charge in [-0.25, -0.2) is 4.79 Å². The number of halogens is 3. The Hall–Kier alpha value is -1.76. The Balaban J connectivity index is 1.95. The highest BCUT2D eigenvalue weighted by atomic mass is 35.5. The van der Waals surface area contributed by atoms with Crippen molar-refractivity contribution in [2.75, 3.05) is 11.9 Å². The molecule has 1 N–H and O–H groups in total. The largest absolute Gasteiger partial charge is 0.450 e. The maximum Gasteiger partial charge on any atom is 0.377 e. The fraction of sp³-hybridized carbons (Fsp3) is 0.154. The Labute approximate surface area is 140 Å². The molecule has 1 aromatic heterocycles. The van der Waals surface area contributed by atoms with E-state index in [1.54, 1.807) is 6.92 Å². The highest BCUT2D eigenvalue weighted by Crippen LogP contribution is 2.33. The van der Waals surface area contributed by atoms with Crippen LogP contribution in [0.5, 0.6) is 0 Å². The van der Waals surface area contributed by atoms with Crippen molar-refractivity contribution in [1.82, 2.24) is 5.16 Å². The van der Waals surface area contributed by atoms with E-state index in [0.29, 0.717) is 10.7 Å². The van der Waals surface area contributed by atoms with E-state index < -0.39 is 18.5 Å². The number of aromatic nitrogens is 1. The summed E-state index contributed by atoms with van der Waals surface area (Å²) in [6.07, 6.45) is 0. The first kappa shape index (κ1) is 16.6. The number of esters is 1. The lowest BCUT2D eigenvalue weighted by molar-refractivity contribution is -0.119. The zero-order valence-corrected chi connectivity index (χ0v) is 13.4. The van der Waals surface area contributed by atoms with Crippen molar-refractivity contribution in [3.8, 4) is 0 Å². The van der Waals surface area contributed by atoms with Gasteiger partial charge in [-0.05, 0) is 19.1 Å². The number of carbonyl (C=O) groups excluding carboxylic acids is 2. The molecule has 0 spiro atoms. The van der Waals surface area contributed by atoms with Crippen molar-refractivity contribution in [2.24, 2.45) is 0 Å². The van der Waals surface area contributed by atoms with E-state index in [1.165, 1.54) is 18.2 Å². The number of ether oxygens (including phenoxy) is 1. The molecule has 1 amide bonds. The standard InChI is InChI=1S/C13H9Cl3N2O4/c1-6-2-10(22-18-6)13(20)21-5-11(19)17-12-8(15)3-7(14)4-9(12)16/h2-4H,5H2,1H3,(H,17,19). The van der Waals surface area contributed by atoms with Gasteiger partial charge >= 0.3 is 5.97 Å². The van der Waals surface area contributed by atoms with Gasteiger partial charge in [0.2, 0.25) is 5.76 Å². The lowest BCUT2D eigenvalue weighted by Gasteiger charge is -2.09. The first-order valence-electron chi connectivity index (χ1n) is 5.91. The maximum atomic E-state index is 11.8. The summed E-state index contributed by atoms with van der Waals surface area (Å²) in [6, 6.07) is 4.25. The van der Waals surface area contributed by atoms with E-state index in [0.717, 1.165) is 0 Å². The van der Waals surface area contributed by atoms with Crippen LogP contribution in [0.2, 0.25) is 15.1 Å². The van der Waals surface area contributed by atoms with E-state index in [9.17, 15) is 9.59 Å². The van der Waals surface area contributed by atoms with Gasteiger partial charge in [0.1, 0.15) is 0 Å². The molecule has 0 saturated carbocycles. The quantitative estimate of drug-likeness (QED) is 0.837. The molecule has 0 bridgehead atoms. The van der Waals surface area contributed by atoms with E-state index in [-0.39, 0.29) is 21.5 Å². The van der Waals surface area contributed by atoms with Crippen molar-refractivity contribution >= 4 is 52.4 Å². The average Bonchev–Trinajstić information content (AvgIpc) is 2.87. The van der Waals surface area contributed by atoms with E-state index in [4.69, 9.17) is 44.1 Å². The molecule has 0 fully saturated rings. The number of benzene rings is 1. The first-order chi connectivity index (χ1) is 10.4. The van der Waals surface area contributed by atoms with Gasteiger partial charge in [0.05, 0.1) is 21.4 Å². The predicted molar refractivity (Wildman–Crippen MR) is 81.6 cm³/mol. The number of hydrogen-bond donors (Lipinski definition) is 1. The highest BCUT2D eigenvalue weighted by Gasteiger charge is 2.16. The van der Waals surface area contributed by atoms with Crippen LogP contribution in [-0.4, -0.2) is 23.6 Å². The normalized spacial score (nSPS) is 10.4. The minimum atomic E-state index is -0.802. The van der Waals surface area contributed by atoms with Crippen molar-refractivity contribution in [3.63, 3.8) is 0 Å². The Morgan fingerprint density at radius 1 is 1.23 bits per heavy atom. The molecule has 9 heteroatoms. The fourth-order valence-electron chi connectivity index (χ4n) is 1.50. The number of rotatable bonds is 4. The van der Waals surface area contributed by atoms with Gasteiger partial charge in [-0.3, -0.25) is 4.79 Å². The Morgan fingerprint density at radius 3 is 2.41 bits per heavy atom. The van der Waals surface area contributed by atoms with Gasteiger partial charge in [-0.1, -0.05) is 40.0 Å². The third-order valence-electron chi connectivity index (χ3n) is 2.43. The van der Waals surface area contributed by atoms with Crippen LogP contribution in [0, 0.1) is 6.92 Å². The monoisotopic (exact) mass is 362 g/mol. The Morgan fingerprint density at radius 2 is 1.86 bits per heavy atom. The number of hydrogen-bond acceptors (Lipinski definition) is 5. The molecule has 0 saturated heterocycles. The fourth-order valence-corrected chi connectivity index (χ4v) is 2.41. The third kappa shape index (κ3) is 4.13. The highest BCUT2D eigenvalue weighted by molar-refractivity contribution is 6.42. The average molecular weight is 364 g/mol. The van der Waals surface area contributed by atoms with E-state index in [2.05, 4.69) is 10.5 Å². The zero-order chi connectivity index (χ0) is 16.3. The van der Waals surface area contributed by atoms with Gasteiger partial charge in [0, 0.05) is 11.1 Å². The van der Waals surface area contributed by atoms with Crippen LogP contribution in [0.1, 0.15) is 16.2 Å². The number of amides is 1. The number of nitrogens with zero attached hydrogens (tertiary/aromatic N) is 1. The summed E-state index contributed by atoms with van der Waals surface area (Å²) in [6.45, 7) is 1.12.